The molecule has 1 aliphatic carbocycles. The summed E-state index contributed by atoms with van der Waals surface area (Å²) in [5.74, 6) is 0. The Hall–Kier alpha value is -3.12. The summed E-state index contributed by atoms with van der Waals surface area (Å²) in [5, 5.41) is 0. The van der Waals surface area contributed by atoms with Crippen LogP contribution in [0.2, 0.25) is 0 Å². The molecule has 28 heavy (non-hydrogen) atoms. The number of hydrogen-bond acceptors (Lipinski definition) is 0. The molecule has 0 spiro atoms. The quantitative estimate of drug-likeness (QED) is 0.361. The van der Waals surface area contributed by atoms with Crippen LogP contribution >= 0.6 is 0 Å². The zero-order valence-electron chi connectivity index (χ0n) is 16.4. The SMILES string of the molecule is CC1(C)c2ccccc2-c2c(Cc3ccc(-c4ccccc4)cc3)cccc21. The highest BCUT2D eigenvalue weighted by atomic mass is 14.4. The van der Waals surface area contributed by atoms with E-state index in [2.05, 4.69) is 111 Å². The Balaban J connectivity index is 1.53. The molecule has 0 unspecified atom stereocenters. The third kappa shape index (κ3) is 2.68. The molecule has 5 rings (SSSR count). The fourth-order valence-electron chi connectivity index (χ4n) is 4.64. The van der Waals surface area contributed by atoms with Crippen LogP contribution in [0.15, 0.2) is 97.1 Å². The van der Waals surface area contributed by atoms with E-state index in [1.165, 1.54) is 44.5 Å². The summed E-state index contributed by atoms with van der Waals surface area (Å²) < 4.78 is 0. The third-order valence-corrected chi connectivity index (χ3v) is 6.15. The fraction of sp³-hybridized carbons (Fsp3) is 0.143. The first-order chi connectivity index (χ1) is 13.6. The lowest BCUT2D eigenvalue weighted by Gasteiger charge is -2.21. The lowest BCUT2D eigenvalue weighted by Crippen LogP contribution is -2.14. The summed E-state index contributed by atoms with van der Waals surface area (Å²) in [6, 6.07) is 35.3. The van der Waals surface area contributed by atoms with Crippen LogP contribution in [0.3, 0.4) is 0 Å². The second-order valence-electron chi connectivity index (χ2n) is 8.25. The molecule has 0 saturated carbocycles. The summed E-state index contributed by atoms with van der Waals surface area (Å²) in [6.07, 6.45) is 0.961. The molecule has 0 heterocycles. The molecule has 1 aliphatic rings. The highest BCUT2D eigenvalue weighted by molar-refractivity contribution is 5.83. The predicted molar refractivity (Wildman–Crippen MR) is 119 cm³/mol. The topological polar surface area (TPSA) is 0 Å². The molecule has 0 bridgehead atoms. The highest BCUT2D eigenvalue weighted by Crippen LogP contribution is 2.50. The van der Waals surface area contributed by atoms with Gasteiger partial charge in [-0.1, -0.05) is 111 Å². The van der Waals surface area contributed by atoms with Gasteiger partial charge in [0.1, 0.15) is 0 Å². The Morgan fingerprint density at radius 3 is 2.00 bits per heavy atom. The lowest BCUT2D eigenvalue weighted by molar-refractivity contribution is 0.660. The molecular weight excluding hydrogens is 336 g/mol. The Bertz CT molecular complexity index is 1130. The maximum absolute atomic E-state index is 2.34. The Labute approximate surface area is 167 Å². The molecule has 0 amide bonds. The van der Waals surface area contributed by atoms with Crippen molar-refractivity contribution in [3.63, 3.8) is 0 Å². The van der Waals surface area contributed by atoms with Crippen LogP contribution in [0.1, 0.15) is 36.1 Å². The molecule has 0 fully saturated rings. The van der Waals surface area contributed by atoms with Gasteiger partial charge in [-0.25, -0.2) is 0 Å². The van der Waals surface area contributed by atoms with Crippen molar-refractivity contribution in [1.82, 2.24) is 0 Å². The average molecular weight is 360 g/mol. The van der Waals surface area contributed by atoms with Gasteiger partial charge in [0.25, 0.3) is 0 Å². The van der Waals surface area contributed by atoms with Crippen molar-refractivity contribution >= 4 is 0 Å². The highest BCUT2D eigenvalue weighted by Gasteiger charge is 2.36. The maximum atomic E-state index is 2.34. The number of rotatable bonds is 3. The van der Waals surface area contributed by atoms with E-state index >= 15 is 0 Å². The second-order valence-corrected chi connectivity index (χ2v) is 8.25. The predicted octanol–water partition coefficient (Wildman–Crippen LogP) is 7.25. The first-order valence-corrected chi connectivity index (χ1v) is 10.0. The molecule has 4 aromatic rings. The van der Waals surface area contributed by atoms with Crippen LogP contribution in [-0.2, 0) is 11.8 Å². The molecule has 136 valence electrons. The molecule has 0 aromatic heterocycles. The van der Waals surface area contributed by atoms with Crippen LogP contribution in [0.4, 0.5) is 0 Å². The molecule has 0 N–H and O–H groups in total. The van der Waals surface area contributed by atoms with Crippen LogP contribution < -0.4 is 0 Å². The van der Waals surface area contributed by atoms with E-state index in [-0.39, 0.29) is 5.41 Å². The minimum absolute atomic E-state index is 0.0686. The third-order valence-electron chi connectivity index (χ3n) is 6.15. The molecule has 4 aromatic carbocycles. The van der Waals surface area contributed by atoms with Crippen LogP contribution in [0, 0.1) is 0 Å². The van der Waals surface area contributed by atoms with Gasteiger partial charge in [-0.3, -0.25) is 0 Å². The van der Waals surface area contributed by atoms with Crippen LogP contribution in [0.25, 0.3) is 22.3 Å². The van der Waals surface area contributed by atoms with Gasteiger partial charge in [0.15, 0.2) is 0 Å². The van der Waals surface area contributed by atoms with Gasteiger partial charge in [0.05, 0.1) is 0 Å². The van der Waals surface area contributed by atoms with Crippen molar-refractivity contribution in [3.05, 3.63) is 119 Å². The number of fused-ring (bicyclic) bond motifs is 3. The van der Waals surface area contributed by atoms with Crippen LogP contribution in [-0.4, -0.2) is 0 Å². The molecular formula is C28H24. The van der Waals surface area contributed by atoms with Crippen LogP contribution in [0.5, 0.6) is 0 Å². The minimum atomic E-state index is 0.0686. The Morgan fingerprint density at radius 2 is 1.21 bits per heavy atom. The van der Waals surface area contributed by atoms with Crippen molar-refractivity contribution in [2.75, 3.05) is 0 Å². The van der Waals surface area contributed by atoms with E-state index in [4.69, 9.17) is 0 Å². The van der Waals surface area contributed by atoms with Crippen molar-refractivity contribution in [2.24, 2.45) is 0 Å². The molecule has 0 saturated heterocycles. The van der Waals surface area contributed by atoms with E-state index in [1.807, 2.05) is 0 Å². The summed E-state index contributed by atoms with van der Waals surface area (Å²) >= 11 is 0. The van der Waals surface area contributed by atoms with Gasteiger partial charge in [-0.05, 0) is 50.9 Å². The molecule has 0 heteroatoms. The standard InChI is InChI=1S/C28H24/c1-28(2)25-13-7-6-12-24(25)27-23(11-8-14-26(27)28)19-20-15-17-22(18-16-20)21-9-4-3-5-10-21/h3-18H,19H2,1-2H3. The average Bonchev–Trinajstić information content (AvgIpc) is 2.98. The van der Waals surface area contributed by atoms with Gasteiger partial charge in [0.2, 0.25) is 0 Å². The van der Waals surface area contributed by atoms with Gasteiger partial charge in [-0.15, -0.1) is 0 Å². The van der Waals surface area contributed by atoms with Crippen molar-refractivity contribution in [2.45, 2.75) is 25.7 Å². The first kappa shape index (κ1) is 17.0. The monoisotopic (exact) mass is 360 g/mol. The number of benzene rings is 4. The van der Waals surface area contributed by atoms with Gasteiger partial charge in [0, 0.05) is 5.41 Å². The fourth-order valence-corrected chi connectivity index (χ4v) is 4.64. The van der Waals surface area contributed by atoms with E-state index in [1.54, 1.807) is 0 Å². The first-order valence-electron chi connectivity index (χ1n) is 10.0. The summed E-state index contributed by atoms with van der Waals surface area (Å²) in [5.41, 5.74) is 11.1. The normalized spacial score (nSPS) is 13.8. The van der Waals surface area contributed by atoms with E-state index in [0.717, 1.165) is 6.42 Å². The van der Waals surface area contributed by atoms with E-state index < -0.39 is 0 Å². The number of hydrogen-bond donors (Lipinski definition) is 0. The zero-order chi connectivity index (χ0) is 19.1. The second kappa shape index (κ2) is 6.49. The van der Waals surface area contributed by atoms with Gasteiger partial charge < -0.3 is 0 Å². The van der Waals surface area contributed by atoms with E-state index in [9.17, 15) is 0 Å². The van der Waals surface area contributed by atoms with Crippen molar-refractivity contribution < 1.29 is 0 Å². The van der Waals surface area contributed by atoms with Gasteiger partial charge >= 0.3 is 0 Å². The minimum Gasteiger partial charge on any atom is -0.0622 e. The largest absolute Gasteiger partial charge is 0.0622 e. The van der Waals surface area contributed by atoms with Crippen molar-refractivity contribution in [1.29, 1.82) is 0 Å². The molecule has 0 nitrogen and oxygen atoms in total. The lowest BCUT2D eigenvalue weighted by atomic mass is 9.82. The smallest absolute Gasteiger partial charge is 0.0158 e. The maximum Gasteiger partial charge on any atom is 0.0158 e. The molecule has 0 atom stereocenters. The van der Waals surface area contributed by atoms with Crippen molar-refractivity contribution in [3.8, 4) is 22.3 Å². The summed E-state index contributed by atoms with van der Waals surface area (Å²) in [6.45, 7) is 4.69. The molecule has 0 radical (unpaired) electrons. The summed E-state index contributed by atoms with van der Waals surface area (Å²) in [7, 11) is 0. The van der Waals surface area contributed by atoms with E-state index in [0.29, 0.717) is 0 Å². The van der Waals surface area contributed by atoms with Gasteiger partial charge in [-0.2, -0.15) is 0 Å². The molecule has 0 aliphatic heterocycles. The Morgan fingerprint density at radius 1 is 0.571 bits per heavy atom. The zero-order valence-corrected chi connectivity index (χ0v) is 16.4. The summed E-state index contributed by atoms with van der Waals surface area (Å²) in [4.78, 5) is 0. The Kier molecular flexibility index (Phi) is 3.94.